The highest BCUT2D eigenvalue weighted by Crippen LogP contribution is 2.40. The first-order valence-corrected chi connectivity index (χ1v) is 8.60. The second-order valence-corrected chi connectivity index (χ2v) is 7.79. The molecule has 0 amide bonds. The van der Waals surface area contributed by atoms with Crippen LogP contribution in [0.1, 0.15) is 65.6 Å². The molecule has 0 bridgehead atoms. The fourth-order valence-electron chi connectivity index (χ4n) is 3.70. The number of aliphatic hydroxyl groups excluding tert-OH is 1. The summed E-state index contributed by atoms with van der Waals surface area (Å²) in [4.78, 5) is 4.43. The highest BCUT2D eigenvalue weighted by molar-refractivity contribution is 4.96. The van der Waals surface area contributed by atoms with Crippen molar-refractivity contribution >= 4 is 0 Å². The van der Waals surface area contributed by atoms with Gasteiger partial charge in [-0.25, -0.2) is 4.98 Å². The summed E-state index contributed by atoms with van der Waals surface area (Å²) in [7, 11) is 0. The van der Waals surface area contributed by atoms with Gasteiger partial charge in [-0.2, -0.15) is 0 Å². The maximum Gasteiger partial charge on any atom is 0.111 e. The maximum atomic E-state index is 10.6. The van der Waals surface area contributed by atoms with E-state index in [1.54, 1.807) is 0 Å². The molecule has 2 rings (SSSR count). The number of rotatable bonds is 5. The van der Waals surface area contributed by atoms with Gasteiger partial charge in [-0.1, -0.05) is 27.7 Å². The van der Waals surface area contributed by atoms with E-state index in [4.69, 9.17) is 0 Å². The van der Waals surface area contributed by atoms with Crippen LogP contribution in [-0.2, 0) is 13.0 Å². The van der Waals surface area contributed by atoms with Crippen molar-refractivity contribution < 1.29 is 5.11 Å². The lowest BCUT2D eigenvalue weighted by Gasteiger charge is -2.38. The van der Waals surface area contributed by atoms with Gasteiger partial charge < -0.3 is 9.67 Å². The molecule has 120 valence electrons. The molecule has 0 aromatic carbocycles. The second-order valence-electron chi connectivity index (χ2n) is 7.79. The van der Waals surface area contributed by atoms with Gasteiger partial charge >= 0.3 is 0 Å². The SMILES string of the molecule is CCCn1ccnc1CC(O)C1CCC(C(C)(C)C)CC1. The van der Waals surface area contributed by atoms with E-state index < -0.39 is 0 Å². The van der Waals surface area contributed by atoms with Crippen LogP contribution in [0.2, 0.25) is 0 Å². The third-order valence-electron chi connectivity index (χ3n) is 5.20. The van der Waals surface area contributed by atoms with Gasteiger partial charge in [-0.3, -0.25) is 0 Å². The van der Waals surface area contributed by atoms with Crippen LogP contribution < -0.4 is 0 Å². The molecule has 1 unspecified atom stereocenters. The summed E-state index contributed by atoms with van der Waals surface area (Å²) in [5.74, 6) is 2.31. The summed E-state index contributed by atoms with van der Waals surface area (Å²) >= 11 is 0. The minimum absolute atomic E-state index is 0.232. The first-order valence-electron chi connectivity index (χ1n) is 8.60. The third-order valence-corrected chi connectivity index (χ3v) is 5.20. The molecule has 0 aliphatic heterocycles. The molecule has 1 heterocycles. The van der Waals surface area contributed by atoms with Gasteiger partial charge in [0.15, 0.2) is 0 Å². The quantitative estimate of drug-likeness (QED) is 0.889. The molecule has 1 N–H and O–H groups in total. The van der Waals surface area contributed by atoms with Crippen molar-refractivity contribution in [2.24, 2.45) is 17.3 Å². The largest absolute Gasteiger partial charge is 0.392 e. The molecule has 1 aliphatic carbocycles. The van der Waals surface area contributed by atoms with Gasteiger partial charge in [-0.15, -0.1) is 0 Å². The summed E-state index contributed by atoms with van der Waals surface area (Å²) < 4.78 is 2.18. The van der Waals surface area contributed by atoms with Crippen molar-refractivity contribution in [1.82, 2.24) is 9.55 Å². The van der Waals surface area contributed by atoms with E-state index in [-0.39, 0.29) is 6.10 Å². The monoisotopic (exact) mass is 292 g/mol. The number of aromatic nitrogens is 2. The van der Waals surface area contributed by atoms with Crippen LogP contribution >= 0.6 is 0 Å². The molecular weight excluding hydrogens is 260 g/mol. The number of imidazole rings is 1. The molecule has 0 radical (unpaired) electrons. The van der Waals surface area contributed by atoms with Crippen LogP contribution in [0, 0.1) is 17.3 Å². The predicted molar refractivity (Wildman–Crippen MR) is 87.1 cm³/mol. The van der Waals surface area contributed by atoms with Crippen LogP contribution in [0.5, 0.6) is 0 Å². The minimum Gasteiger partial charge on any atom is -0.392 e. The average molecular weight is 292 g/mol. The molecule has 1 aromatic heterocycles. The lowest BCUT2D eigenvalue weighted by Crippen LogP contribution is -2.32. The number of hydrogen-bond donors (Lipinski definition) is 1. The number of nitrogens with zero attached hydrogens (tertiary/aromatic N) is 2. The van der Waals surface area contributed by atoms with Gasteiger partial charge in [-0.05, 0) is 49.4 Å². The highest BCUT2D eigenvalue weighted by Gasteiger charge is 2.32. The lowest BCUT2D eigenvalue weighted by molar-refractivity contribution is 0.0520. The van der Waals surface area contributed by atoms with Crippen LogP contribution in [0.3, 0.4) is 0 Å². The summed E-state index contributed by atoms with van der Waals surface area (Å²) in [6, 6.07) is 0. The normalized spacial score (nSPS) is 25.0. The Morgan fingerprint density at radius 1 is 1.29 bits per heavy atom. The Kier molecular flexibility index (Phi) is 5.48. The van der Waals surface area contributed by atoms with E-state index in [0.29, 0.717) is 17.8 Å². The zero-order chi connectivity index (χ0) is 15.5. The van der Waals surface area contributed by atoms with E-state index in [2.05, 4.69) is 37.2 Å². The van der Waals surface area contributed by atoms with Crippen LogP contribution in [0.4, 0.5) is 0 Å². The Labute approximate surface area is 129 Å². The van der Waals surface area contributed by atoms with E-state index in [1.165, 1.54) is 12.8 Å². The Bertz CT molecular complexity index is 425. The van der Waals surface area contributed by atoms with Gasteiger partial charge in [0.2, 0.25) is 0 Å². The predicted octanol–water partition coefficient (Wildman–Crippen LogP) is 4.05. The first-order chi connectivity index (χ1) is 9.91. The molecule has 3 nitrogen and oxygen atoms in total. The Balaban J connectivity index is 1.87. The maximum absolute atomic E-state index is 10.6. The molecule has 1 fully saturated rings. The van der Waals surface area contributed by atoms with Crippen molar-refractivity contribution in [2.45, 2.75) is 78.9 Å². The van der Waals surface area contributed by atoms with Crippen molar-refractivity contribution in [2.75, 3.05) is 0 Å². The summed E-state index contributed by atoms with van der Waals surface area (Å²) in [5.41, 5.74) is 0.410. The molecular formula is C18H32N2O. The Morgan fingerprint density at radius 2 is 1.95 bits per heavy atom. The van der Waals surface area contributed by atoms with Crippen LogP contribution in [0.15, 0.2) is 12.4 Å². The number of aryl methyl sites for hydroxylation is 1. The summed E-state index contributed by atoms with van der Waals surface area (Å²) in [6.07, 6.45) is 10.3. The molecule has 1 saturated carbocycles. The topological polar surface area (TPSA) is 38.0 Å². The smallest absolute Gasteiger partial charge is 0.111 e. The minimum atomic E-state index is -0.232. The molecule has 3 heteroatoms. The lowest BCUT2D eigenvalue weighted by atomic mass is 9.68. The van der Waals surface area contributed by atoms with E-state index in [1.807, 2.05) is 12.4 Å². The first kappa shape index (κ1) is 16.5. The average Bonchev–Trinajstić information content (AvgIpc) is 2.86. The van der Waals surface area contributed by atoms with E-state index >= 15 is 0 Å². The summed E-state index contributed by atoms with van der Waals surface area (Å²) in [6.45, 7) is 10.2. The zero-order valence-corrected chi connectivity index (χ0v) is 14.2. The molecule has 0 spiro atoms. The van der Waals surface area contributed by atoms with Crippen molar-refractivity contribution in [3.8, 4) is 0 Å². The van der Waals surface area contributed by atoms with E-state index in [0.717, 1.165) is 37.5 Å². The van der Waals surface area contributed by atoms with Crippen LogP contribution in [0.25, 0.3) is 0 Å². The molecule has 1 aliphatic rings. The molecule has 1 atom stereocenters. The van der Waals surface area contributed by atoms with Crippen molar-refractivity contribution in [1.29, 1.82) is 0 Å². The van der Waals surface area contributed by atoms with Gasteiger partial charge in [0.25, 0.3) is 0 Å². The van der Waals surface area contributed by atoms with Crippen molar-refractivity contribution in [3.05, 3.63) is 18.2 Å². The zero-order valence-electron chi connectivity index (χ0n) is 14.2. The number of aliphatic hydroxyl groups is 1. The number of hydrogen-bond acceptors (Lipinski definition) is 2. The molecule has 1 aromatic rings. The third kappa shape index (κ3) is 4.32. The Hall–Kier alpha value is -0.830. The Morgan fingerprint density at radius 3 is 2.52 bits per heavy atom. The fraction of sp³-hybridized carbons (Fsp3) is 0.833. The second kappa shape index (κ2) is 6.95. The highest BCUT2D eigenvalue weighted by atomic mass is 16.3. The van der Waals surface area contributed by atoms with E-state index in [9.17, 15) is 5.11 Å². The summed E-state index contributed by atoms with van der Waals surface area (Å²) in [5, 5.41) is 10.6. The van der Waals surface area contributed by atoms with Crippen molar-refractivity contribution in [3.63, 3.8) is 0 Å². The standard InChI is InChI=1S/C18H32N2O/c1-5-11-20-12-10-19-17(20)13-16(21)14-6-8-15(9-7-14)18(2,3)4/h10,12,14-16,21H,5-9,11,13H2,1-4H3. The fourth-order valence-corrected chi connectivity index (χ4v) is 3.70. The molecule has 0 saturated heterocycles. The van der Waals surface area contributed by atoms with Gasteiger partial charge in [0, 0.05) is 25.4 Å². The van der Waals surface area contributed by atoms with Gasteiger partial charge in [0.1, 0.15) is 5.82 Å². The van der Waals surface area contributed by atoms with Gasteiger partial charge in [0.05, 0.1) is 6.10 Å². The van der Waals surface area contributed by atoms with Crippen LogP contribution in [-0.4, -0.2) is 20.8 Å². The molecule has 21 heavy (non-hydrogen) atoms.